The summed E-state index contributed by atoms with van der Waals surface area (Å²) < 4.78 is 31.7. The SMILES string of the molecule is O=C(O)C(F)(F)F.O=C(O)c1cccc(-c2cc(-c3cc4c([nH]3)CCNC4=O)ccn2)c1. The van der Waals surface area contributed by atoms with Crippen molar-refractivity contribution in [2.45, 2.75) is 12.6 Å². The number of pyridine rings is 1. The third-order valence-corrected chi connectivity index (χ3v) is 4.52. The number of aliphatic carboxylic acids is 1. The zero-order valence-corrected chi connectivity index (χ0v) is 16.2. The zero-order chi connectivity index (χ0) is 23.5. The average Bonchev–Trinajstić information content (AvgIpc) is 3.20. The summed E-state index contributed by atoms with van der Waals surface area (Å²) in [4.78, 5) is 39.6. The van der Waals surface area contributed by atoms with Crippen molar-refractivity contribution in [1.82, 2.24) is 15.3 Å². The minimum absolute atomic E-state index is 0.0628. The molecule has 1 aromatic carbocycles. The predicted molar refractivity (Wildman–Crippen MR) is 106 cm³/mol. The van der Waals surface area contributed by atoms with Crippen LogP contribution >= 0.6 is 0 Å². The van der Waals surface area contributed by atoms with E-state index in [1.165, 1.54) is 0 Å². The van der Waals surface area contributed by atoms with E-state index in [9.17, 15) is 22.8 Å². The van der Waals surface area contributed by atoms with Gasteiger partial charge in [0.1, 0.15) is 0 Å². The van der Waals surface area contributed by atoms with E-state index in [0.29, 0.717) is 17.8 Å². The molecule has 3 aromatic rings. The highest BCUT2D eigenvalue weighted by Crippen LogP contribution is 2.27. The number of H-pyrrole nitrogens is 1. The maximum atomic E-state index is 11.9. The smallest absolute Gasteiger partial charge is 0.478 e. The number of nitrogens with one attached hydrogen (secondary N) is 2. The summed E-state index contributed by atoms with van der Waals surface area (Å²) in [6.07, 6.45) is -2.63. The van der Waals surface area contributed by atoms with Crippen molar-refractivity contribution < 1.29 is 37.8 Å². The fraction of sp³-hybridized carbons (Fsp3) is 0.143. The van der Waals surface area contributed by atoms with Gasteiger partial charge in [-0.2, -0.15) is 13.2 Å². The van der Waals surface area contributed by atoms with Crippen LogP contribution in [0.1, 0.15) is 26.4 Å². The van der Waals surface area contributed by atoms with Gasteiger partial charge in [0.2, 0.25) is 0 Å². The standard InChI is InChI=1S/C19H15N3O3.C2HF3O2/c23-18-14-10-17(22-15(14)5-7-21-18)12-4-6-20-16(9-12)11-2-1-3-13(8-11)19(24)25;3-2(4,5)1(6)7/h1-4,6,8-10,22H,5,7H2,(H,21,23)(H,24,25);(H,6,7). The summed E-state index contributed by atoms with van der Waals surface area (Å²) in [5.41, 5.74) is 4.98. The van der Waals surface area contributed by atoms with Gasteiger partial charge in [0.15, 0.2) is 0 Å². The van der Waals surface area contributed by atoms with Crippen LogP contribution in [-0.2, 0) is 11.2 Å². The Hall–Kier alpha value is -4.15. The Bertz CT molecular complexity index is 1190. The molecule has 0 radical (unpaired) electrons. The highest BCUT2D eigenvalue weighted by Gasteiger charge is 2.38. The van der Waals surface area contributed by atoms with Gasteiger partial charge in [-0.05, 0) is 30.3 Å². The van der Waals surface area contributed by atoms with Gasteiger partial charge < -0.3 is 20.5 Å². The van der Waals surface area contributed by atoms with E-state index >= 15 is 0 Å². The van der Waals surface area contributed by atoms with E-state index in [1.54, 1.807) is 24.4 Å². The van der Waals surface area contributed by atoms with Crippen molar-refractivity contribution in [2.75, 3.05) is 6.54 Å². The highest BCUT2D eigenvalue weighted by molar-refractivity contribution is 5.98. The molecule has 11 heteroatoms. The molecule has 8 nitrogen and oxygen atoms in total. The Morgan fingerprint density at radius 1 is 1.03 bits per heavy atom. The predicted octanol–water partition coefficient (Wildman–Crippen LogP) is 3.36. The number of alkyl halides is 3. The molecule has 0 fully saturated rings. The van der Waals surface area contributed by atoms with Crippen LogP contribution in [0.15, 0.2) is 48.7 Å². The summed E-state index contributed by atoms with van der Waals surface area (Å²) in [6.45, 7) is 0.634. The number of carbonyl (C=O) groups is 3. The number of aromatic amines is 1. The second-order valence-corrected chi connectivity index (χ2v) is 6.70. The minimum Gasteiger partial charge on any atom is -0.478 e. The maximum absolute atomic E-state index is 11.9. The number of rotatable bonds is 3. The van der Waals surface area contributed by atoms with Crippen molar-refractivity contribution >= 4 is 17.8 Å². The molecular weight excluding hydrogens is 431 g/mol. The third-order valence-electron chi connectivity index (χ3n) is 4.52. The molecule has 0 bridgehead atoms. The third kappa shape index (κ3) is 5.12. The minimum atomic E-state index is -5.08. The number of amides is 1. The van der Waals surface area contributed by atoms with Gasteiger partial charge in [0.25, 0.3) is 5.91 Å². The number of benzene rings is 1. The van der Waals surface area contributed by atoms with Crippen molar-refractivity contribution in [3.63, 3.8) is 0 Å². The summed E-state index contributed by atoms with van der Waals surface area (Å²) in [6, 6.07) is 12.3. The van der Waals surface area contributed by atoms with Gasteiger partial charge in [-0.15, -0.1) is 0 Å². The summed E-state index contributed by atoms with van der Waals surface area (Å²) in [5.74, 6) is -3.79. The lowest BCUT2D eigenvalue weighted by atomic mass is 10.0. The Balaban J connectivity index is 0.000000360. The molecule has 0 unspecified atom stereocenters. The lowest BCUT2D eigenvalue weighted by molar-refractivity contribution is -0.192. The topological polar surface area (TPSA) is 132 Å². The van der Waals surface area contributed by atoms with Crippen LogP contribution < -0.4 is 5.32 Å². The molecule has 32 heavy (non-hydrogen) atoms. The van der Waals surface area contributed by atoms with Crippen molar-refractivity contribution in [3.8, 4) is 22.5 Å². The Labute approximate surface area is 178 Å². The maximum Gasteiger partial charge on any atom is 0.490 e. The molecule has 1 aliphatic rings. The monoisotopic (exact) mass is 447 g/mol. The fourth-order valence-electron chi connectivity index (χ4n) is 3.02. The van der Waals surface area contributed by atoms with Crippen LogP contribution in [0.5, 0.6) is 0 Å². The van der Waals surface area contributed by atoms with E-state index in [4.69, 9.17) is 15.0 Å². The quantitative estimate of drug-likeness (QED) is 0.487. The van der Waals surface area contributed by atoms with Gasteiger partial charge >= 0.3 is 18.1 Å². The van der Waals surface area contributed by atoms with Crippen molar-refractivity contribution in [3.05, 3.63) is 65.5 Å². The lowest BCUT2D eigenvalue weighted by Crippen LogP contribution is -2.31. The van der Waals surface area contributed by atoms with Gasteiger partial charge in [-0.25, -0.2) is 9.59 Å². The van der Waals surface area contributed by atoms with Crippen LogP contribution in [0.3, 0.4) is 0 Å². The molecule has 1 amide bonds. The number of nitrogens with zero attached hydrogens (tertiary/aromatic N) is 1. The van der Waals surface area contributed by atoms with E-state index in [1.807, 2.05) is 24.3 Å². The molecule has 1 aliphatic heterocycles. The summed E-state index contributed by atoms with van der Waals surface area (Å²) in [7, 11) is 0. The highest BCUT2D eigenvalue weighted by atomic mass is 19.4. The van der Waals surface area contributed by atoms with Gasteiger partial charge in [0.05, 0.1) is 16.8 Å². The van der Waals surface area contributed by atoms with E-state index in [-0.39, 0.29) is 11.5 Å². The van der Waals surface area contributed by atoms with Crippen LogP contribution in [-0.4, -0.2) is 50.7 Å². The van der Waals surface area contributed by atoms with Gasteiger partial charge in [-0.3, -0.25) is 9.78 Å². The van der Waals surface area contributed by atoms with Gasteiger partial charge in [0, 0.05) is 41.7 Å². The molecule has 0 saturated carbocycles. The molecule has 2 aromatic heterocycles. The Morgan fingerprint density at radius 3 is 2.38 bits per heavy atom. The molecule has 0 aliphatic carbocycles. The van der Waals surface area contributed by atoms with Crippen molar-refractivity contribution in [2.24, 2.45) is 0 Å². The molecular formula is C21H16F3N3O5. The first-order valence-electron chi connectivity index (χ1n) is 9.16. The number of carboxylic acid groups (broad SMARTS) is 2. The normalized spacial score (nSPS) is 12.8. The first-order valence-corrected chi connectivity index (χ1v) is 9.16. The van der Waals surface area contributed by atoms with E-state index < -0.39 is 18.1 Å². The van der Waals surface area contributed by atoms with Gasteiger partial charge in [-0.1, -0.05) is 12.1 Å². The van der Waals surface area contributed by atoms with Crippen molar-refractivity contribution in [1.29, 1.82) is 0 Å². The lowest BCUT2D eigenvalue weighted by Gasteiger charge is -2.10. The number of carboxylic acids is 2. The number of aromatic carboxylic acids is 1. The van der Waals surface area contributed by atoms with E-state index in [2.05, 4.69) is 15.3 Å². The zero-order valence-electron chi connectivity index (χ0n) is 16.2. The molecule has 4 N–H and O–H groups in total. The fourth-order valence-corrected chi connectivity index (χ4v) is 3.02. The molecule has 166 valence electrons. The molecule has 0 atom stereocenters. The number of hydrogen-bond acceptors (Lipinski definition) is 4. The number of fused-ring (bicyclic) bond motifs is 1. The number of carbonyl (C=O) groups excluding carboxylic acids is 1. The van der Waals surface area contributed by atoms with Crippen LogP contribution in [0, 0.1) is 0 Å². The molecule has 4 rings (SSSR count). The Kier molecular flexibility index (Phi) is 6.28. The number of hydrogen-bond donors (Lipinski definition) is 4. The second kappa shape index (κ2) is 8.92. The summed E-state index contributed by atoms with van der Waals surface area (Å²) in [5, 5.41) is 19.1. The molecule has 0 spiro atoms. The van der Waals surface area contributed by atoms with E-state index in [0.717, 1.165) is 28.9 Å². The largest absolute Gasteiger partial charge is 0.490 e. The first-order chi connectivity index (χ1) is 15.1. The number of halogens is 3. The number of aromatic nitrogens is 2. The molecule has 0 saturated heterocycles. The first kappa shape index (κ1) is 22.5. The van der Waals surface area contributed by atoms with Crippen LogP contribution in [0.2, 0.25) is 0 Å². The van der Waals surface area contributed by atoms with Crippen LogP contribution in [0.25, 0.3) is 22.5 Å². The average molecular weight is 447 g/mol. The Morgan fingerprint density at radius 2 is 1.75 bits per heavy atom. The summed E-state index contributed by atoms with van der Waals surface area (Å²) >= 11 is 0. The molecule has 3 heterocycles. The van der Waals surface area contributed by atoms with Crippen LogP contribution in [0.4, 0.5) is 13.2 Å². The second-order valence-electron chi connectivity index (χ2n) is 6.70.